The number of morpholine rings is 1. The lowest BCUT2D eigenvalue weighted by molar-refractivity contribution is -0.149. The van der Waals surface area contributed by atoms with E-state index in [4.69, 9.17) is 4.74 Å². The number of aromatic nitrogens is 2. The van der Waals surface area contributed by atoms with Gasteiger partial charge in [0.15, 0.2) is 0 Å². The molecule has 1 aromatic carbocycles. The summed E-state index contributed by atoms with van der Waals surface area (Å²) in [5.41, 5.74) is 2.98. The number of hydrogen-bond acceptors (Lipinski definition) is 6. The SMILES string of the molecule is Cc1cncc2c1c(C[C@@H]1CCN(CC3CCN(C(=O)C(C)(C)O)CC3)C1)cn2-c1ccc(F)cc1C(=O)N1CC2CC1CO2. The number of carbonyl (C=O) groups excluding carboxylic acids is 2. The Labute approximate surface area is 263 Å². The second-order valence-corrected chi connectivity index (χ2v) is 14.3. The van der Waals surface area contributed by atoms with Gasteiger partial charge in [0.05, 0.1) is 41.7 Å². The first-order valence-electron chi connectivity index (χ1n) is 16.5. The van der Waals surface area contributed by atoms with Crippen LogP contribution in [0.15, 0.2) is 36.8 Å². The zero-order valence-electron chi connectivity index (χ0n) is 26.5. The van der Waals surface area contributed by atoms with Crippen molar-refractivity contribution in [3.05, 3.63) is 59.3 Å². The molecule has 2 bridgehead atoms. The van der Waals surface area contributed by atoms with Crippen molar-refractivity contribution >= 4 is 22.7 Å². The van der Waals surface area contributed by atoms with Gasteiger partial charge >= 0.3 is 0 Å². The maximum absolute atomic E-state index is 14.6. The van der Waals surface area contributed by atoms with Gasteiger partial charge in [-0.2, -0.15) is 0 Å². The lowest BCUT2D eigenvalue weighted by Gasteiger charge is -2.36. The Balaban J connectivity index is 1.07. The molecule has 3 atom stereocenters. The highest BCUT2D eigenvalue weighted by Gasteiger charge is 2.42. The third-order valence-corrected chi connectivity index (χ3v) is 10.4. The lowest BCUT2D eigenvalue weighted by atomic mass is 9.94. The summed E-state index contributed by atoms with van der Waals surface area (Å²) in [7, 11) is 0. The van der Waals surface area contributed by atoms with Crippen molar-refractivity contribution in [2.75, 3.05) is 45.9 Å². The van der Waals surface area contributed by atoms with Crippen molar-refractivity contribution in [3.8, 4) is 5.69 Å². The second kappa shape index (κ2) is 11.8. The zero-order chi connectivity index (χ0) is 31.5. The molecule has 10 heteroatoms. The molecule has 0 spiro atoms. The zero-order valence-corrected chi connectivity index (χ0v) is 26.5. The number of benzene rings is 1. The first-order valence-corrected chi connectivity index (χ1v) is 16.5. The summed E-state index contributed by atoms with van der Waals surface area (Å²) in [5, 5.41) is 11.3. The van der Waals surface area contributed by atoms with E-state index in [0.29, 0.717) is 49.3 Å². The summed E-state index contributed by atoms with van der Waals surface area (Å²) in [6, 6.07) is 4.57. The first kappa shape index (κ1) is 30.3. The maximum atomic E-state index is 14.6. The van der Waals surface area contributed by atoms with E-state index in [9.17, 15) is 19.1 Å². The minimum Gasteiger partial charge on any atom is -0.381 e. The monoisotopic (exact) mass is 617 g/mol. The third-order valence-electron chi connectivity index (χ3n) is 10.4. The van der Waals surface area contributed by atoms with Gasteiger partial charge in [-0.3, -0.25) is 14.6 Å². The standard InChI is InChI=1S/C35H44FN5O4/c1-22-15-37-16-31-32(22)25(12-24-6-9-38(18-24)17-23-7-10-39(11-8-23)34(43)35(2,3)44)19-41(31)30-5-4-26(36)13-29(30)33(42)40-20-28-14-27(40)21-45-28/h4-5,13,15-16,19,23-24,27-28,44H,6-12,14,17-18,20-21H2,1-3H3/t24-,27?,28?/m0/s1. The predicted octanol–water partition coefficient (Wildman–Crippen LogP) is 3.96. The van der Waals surface area contributed by atoms with Gasteiger partial charge in [0.1, 0.15) is 11.4 Å². The number of hydrogen-bond donors (Lipinski definition) is 1. The number of carbonyl (C=O) groups is 2. The molecule has 0 radical (unpaired) electrons. The quantitative estimate of drug-likeness (QED) is 0.432. The first-order chi connectivity index (χ1) is 21.5. The topological polar surface area (TPSA) is 91.1 Å². The molecule has 3 aromatic rings. The molecule has 4 fully saturated rings. The fourth-order valence-electron chi connectivity index (χ4n) is 8.11. The number of ether oxygens (including phenoxy) is 1. The van der Waals surface area contributed by atoms with E-state index < -0.39 is 11.4 Å². The van der Waals surface area contributed by atoms with Gasteiger partial charge in [0, 0.05) is 50.5 Å². The van der Waals surface area contributed by atoms with Gasteiger partial charge in [-0.25, -0.2) is 4.39 Å². The summed E-state index contributed by atoms with van der Waals surface area (Å²) in [5.74, 6) is 0.307. The molecule has 2 aromatic heterocycles. The number of pyridine rings is 1. The molecular weight excluding hydrogens is 573 g/mol. The predicted molar refractivity (Wildman–Crippen MR) is 169 cm³/mol. The average Bonchev–Trinajstić information content (AvgIpc) is 3.82. The third kappa shape index (κ3) is 5.88. The second-order valence-electron chi connectivity index (χ2n) is 14.3. The Morgan fingerprint density at radius 1 is 1.09 bits per heavy atom. The van der Waals surface area contributed by atoms with Gasteiger partial charge in [0.2, 0.25) is 0 Å². The molecule has 4 aliphatic rings. The van der Waals surface area contributed by atoms with Crippen LogP contribution in [-0.4, -0.2) is 105 Å². The van der Waals surface area contributed by atoms with Crippen LogP contribution < -0.4 is 0 Å². The Hall–Kier alpha value is -3.34. The molecule has 2 amide bonds. The van der Waals surface area contributed by atoms with Crippen LogP contribution in [0.1, 0.15) is 61.0 Å². The van der Waals surface area contributed by atoms with Crippen LogP contribution in [0.2, 0.25) is 0 Å². The summed E-state index contributed by atoms with van der Waals surface area (Å²) >= 11 is 0. The number of aliphatic hydroxyl groups is 1. The molecule has 0 saturated carbocycles. The molecule has 0 aliphatic carbocycles. The number of likely N-dealkylation sites (tertiary alicyclic amines) is 3. The highest BCUT2D eigenvalue weighted by molar-refractivity contribution is 5.99. The van der Waals surface area contributed by atoms with Gasteiger partial charge in [0.25, 0.3) is 11.8 Å². The van der Waals surface area contributed by atoms with Crippen LogP contribution in [0.5, 0.6) is 0 Å². The molecule has 9 nitrogen and oxygen atoms in total. The van der Waals surface area contributed by atoms with E-state index in [2.05, 4.69) is 23.0 Å². The van der Waals surface area contributed by atoms with E-state index >= 15 is 0 Å². The number of aryl methyl sites for hydroxylation is 1. The van der Waals surface area contributed by atoms with Gasteiger partial charge in [-0.1, -0.05) is 0 Å². The highest BCUT2D eigenvalue weighted by Crippen LogP contribution is 2.35. The van der Waals surface area contributed by atoms with Crippen molar-refractivity contribution in [2.45, 2.75) is 70.6 Å². The number of nitrogens with zero attached hydrogens (tertiary/aromatic N) is 5. The van der Waals surface area contributed by atoms with Crippen molar-refractivity contribution in [1.29, 1.82) is 0 Å². The van der Waals surface area contributed by atoms with E-state index in [1.54, 1.807) is 24.8 Å². The smallest absolute Gasteiger partial charge is 0.256 e. The Morgan fingerprint density at radius 2 is 1.87 bits per heavy atom. The van der Waals surface area contributed by atoms with E-state index in [-0.39, 0.29) is 24.0 Å². The largest absolute Gasteiger partial charge is 0.381 e. The normalized spacial score (nSPS) is 24.3. The summed E-state index contributed by atoms with van der Waals surface area (Å²) in [4.78, 5) is 37.0. The van der Waals surface area contributed by atoms with Crippen LogP contribution in [-0.2, 0) is 16.0 Å². The van der Waals surface area contributed by atoms with E-state index in [1.165, 1.54) is 17.7 Å². The maximum Gasteiger partial charge on any atom is 0.256 e. The summed E-state index contributed by atoms with van der Waals surface area (Å²) in [6.07, 6.45) is 10.8. The number of rotatable bonds is 7. The van der Waals surface area contributed by atoms with Crippen molar-refractivity contribution in [3.63, 3.8) is 0 Å². The fraction of sp³-hybridized carbons (Fsp3) is 0.571. The highest BCUT2D eigenvalue weighted by atomic mass is 19.1. The number of fused-ring (bicyclic) bond motifs is 3. The molecule has 7 rings (SSSR count). The van der Waals surface area contributed by atoms with Crippen LogP contribution in [0.25, 0.3) is 16.6 Å². The van der Waals surface area contributed by atoms with Crippen molar-refractivity contribution < 1.29 is 23.8 Å². The molecule has 4 saturated heterocycles. The Morgan fingerprint density at radius 3 is 2.58 bits per heavy atom. The van der Waals surface area contributed by atoms with Gasteiger partial charge < -0.3 is 29.1 Å². The molecule has 2 unspecified atom stereocenters. The van der Waals surface area contributed by atoms with E-state index in [1.807, 2.05) is 21.9 Å². The molecule has 45 heavy (non-hydrogen) atoms. The summed E-state index contributed by atoms with van der Waals surface area (Å²) < 4.78 is 22.4. The van der Waals surface area contributed by atoms with Crippen molar-refractivity contribution in [1.82, 2.24) is 24.3 Å². The minimum absolute atomic E-state index is 0.0486. The molecule has 1 N–H and O–H groups in total. The van der Waals surface area contributed by atoms with Crippen molar-refractivity contribution in [2.24, 2.45) is 11.8 Å². The van der Waals surface area contributed by atoms with Gasteiger partial charge in [-0.15, -0.1) is 0 Å². The van der Waals surface area contributed by atoms with Crippen LogP contribution >= 0.6 is 0 Å². The Kier molecular flexibility index (Phi) is 7.94. The number of halogens is 1. The summed E-state index contributed by atoms with van der Waals surface area (Å²) in [6.45, 7) is 10.8. The minimum atomic E-state index is -1.32. The molecule has 6 heterocycles. The van der Waals surface area contributed by atoms with Crippen LogP contribution in [0.3, 0.4) is 0 Å². The lowest BCUT2D eigenvalue weighted by Crippen LogP contribution is -2.49. The number of piperidine rings is 1. The van der Waals surface area contributed by atoms with Crippen LogP contribution in [0, 0.1) is 24.6 Å². The van der Waals surface area contributed by atoms with Gasteiger partial charge in [-0.05, 0) is 101 Å². The molecule has 240 valence electrons. The van der Waals surface area contributed by atoms with Crippen LogP contribution in [0.4, 0.5) is 4.39 Å². The number of amides is 2. The average molecular weight is 618 g/mol. The molecular formula is C35H44FN5O4. The van der Waals surface area contributed by atoms with E-state index in [0.717, 1.165) is 68.2 Å². The molecule has 4 aliphatic heterocycles. The fourth-order valence-corrected chi connectivity index (χ4v) is 8.11. The Bertz CT molecular complexity index is 1610.